The third kappa shape index (κ3) is 5.28. The van der Waals surface area contributed by atoms with Crippen LogP contribution in [0.3, 0.4) is 0 Å². The van der Waals surface area contributed by atoms with Crippen molar-refractivity contribution in [1.82, 2.24) is 4.90 Å². The fraction of sp³-hybridized carbons (Fsp3) is 0.474. The summed E-state index contributed by atoms with van der Waals surface area (Å²) >= 11 is 1.19. The van der Waals surface area contributed by atoms with Gasteiger partial charge in [-0.2, -0.15) is 8.42 Å². The summed E-state index contributed by atoms with van der Waals surface area (Å²) in [6.07, 6.45) is 0.400. The van der Waals surface area contributed by atoms with Crippen LogP contribution in [0.2, 0.25) is 0 Å². The number of amides is 1. The molecule has 0 bridgehead atoms. The minimum atomic E-state index is -3.60. The molecule has 1 fully saturated rings. The molecule has 0 radical (unpaired) electrons. The van der Waals surface area contributed by atoms with Gasteiger partial charge in [0.15, 0.2) is 0 Å². The molecule has 174 valence electrons. The van der Waals surface area contributed by atoms with Gasteiger partial charge in [0, 0.05) is 29.2 Å². The van der Waals surface area contributed by atoms with Gasteiger partial charge in [0.1, 0.15) is 12.3 Å². The molecular weight excluding hydrogens is 464 g/mol. The van der Waals surface area contributed by atoms with E-state index in [-0.39, 0.29) is 42.3 Å². The number of carbonyl (C=O) groups is 2. The van der Waals surface area contributed by atoms with Gasteiger partial charge in [-0.25, -0.2) is 4.79 Å². The van der Waals surface area contributed by atoms with Crippen LogP contribution in [0.5, 0.6) is 0 Å². The van der Waals surface area contributed by atoms with Crippen molar-refractivity contribution in [3.8, 4) is 0 Å². The first-order valence-corrected chi connectivity index (χ1v) is 12.4. The lowest BCUT2D eigenvalue weighted by Gasteiger charge is -2.44. The molecule has 1 N–H and O–H groups in total. The molecule has 2 heterocycles. The number of fused-ring (bicyclic) bond motifs is 1. The van der Waals surface area contributed by atoms with Crippen LogP contribution >= 0.6 is 11.8 Å². The smallest absolute Gasteiger partial charge is 0.356 e. The molecule has 1 saturated heterocycles. The number of aliphatic hydroxyl groups excluding tert-OH is 1. The number of thioether (sulfide) groups is 1. The van der Waals surface area contributed by atoms with Crippen molar-refractivity contribution < 1.29 is 37.0 Å². The van der Waals surface area contributed by atoms with Crippen LogP contribution in [-0.4, -0.2) is 66.0 Å². The highest BCUT2D eigenvalue weighted by Gasteiger charge is 2.57. The van der Waals surface area contributed by atoms with Crippen LogP contribution < -0.4 is 0 Å². The van der Waals surface area contributed by atoms with Crippen LogP contribution in [-0.2, 0) is 35.2 Å². The van der Waals surface area contributed by atoms with Gasteiger partial charge in [-0.15, -0.1) is 11.8 Å². The Morgan fingerprint density at radius 3 is 2.59 bits per heavy atom. The first-order valence-electron chi connectivity index (χ1n) is 9.61. The summed E-state index contributed by atoms with van der Waals surface area (Å²) in [7, 11) is -3.60. The van der Waals surface area contributed by atoms with E-state index in [9.17, 15) is 33.2 Å². The van der Waals surface area contributed by atoms with E-state index in [1.807, 2.05) is 0 Å². The van der Waals surface area contributed by atoms with E-state index in [1.54, 1.807) is 0 Å². The molecule has 2 aliphatic rings. The van der Waals surface area contributed by atoms with Gasteiger partial charge in [0.25, 0.3) is 15.8 Å². The van der Waals surface area contributed by atoms with E-state index >= 15 is 0 Å². The van der Waals surface area contributed by atoms with Gasteiger partial charge in [-0.05, 0) is 24.6 Å². The van der Waals surface area contributed by atoms with Gasteiger partial charge < -0.3 is 14.7 Å². The highest BCUT2D eigenvalue weighted by Crippen LogP contribution is 2.47. The Balaban J connectivity index is 1.71. The second-order valence-corrected chi connectivity index (χ2v) is 10.2. The highest BCUT2D eigenvalue weighted by molar-refractivity contribution is 8.03. The number of ether oxygens (including phenoxy) is 1. The van der Waals surface area contributed by atoms with Gasteiger partial charge >= 0.3 is 5.97 Å². The predicted molar refractivity (Wildman–Crippen MR) is 114 cm³/mol. The minimum absolute atomic E-state index is 0.0724. The summed E-state index contributed by atoms with van der Waals surface area (Å²) in [6, 6.07) is 5.15. The molecule has 0 aromatic heterocycles. The standard InChI is InChI=1S/C19H22N2O9S2/c1-11(22)16-14-9-15(31-8-7-30-32(2,27)28)17(20(14)18(16)23)19(24)29-10-12-3-5-13(6-4-12)21(25)26/h3-6,11,14,16,22H,7-10H2,1-2H3/t11-,14?,16?/m1/s1. The Morgan fingerprint density at radius 1 is 1.38 bits per heavy atom. The van der Waals surface area contributed by atoms with Crippen molar-refractivity contribution in [3.63, 3.8) is 0 Å². The Hall–Kier alpha value is -2.48. The normalized spacial score (nSPS) is 21.2. The monoisotopic (exact) mass is 486 g/mol. The third-order valence-corrected chi connectivity index (χ3v) is 6.73. The SMILES string of the molecule is C[C@@H](O)C1C(=O)N2C(C(=O)OCc3ccc([N+](=O)[O-])cc3)=C(SCCOS(C)(=O)=O)CC12. The largest absolute Gasteiger partial charge is 0.456 e. The minimum Gasteiger partial charge on any atom is -0.456 e. The Labute approximate surface area is 188 Å². The zero-order valence-electron chi connectivity index (χ0n) is 17.3. The summed E-state index contributed by atoms with van der Waals surface area (Å²) in [4.78, 5) is 37.4. The molecule has 2 aliphatic heterocycles. The number of non-ortho nitro benzene ring substituents is 1. The number of nitrogens with zero attached hydrogens (tertiary/aromatic N) is 2. The third-order valence-electron chi connectivity index (χ3n) is 5.06. The maximum absolute atomic E-state index is 12.8. The molecule has 13 heteroatoms. The van der Waals surface area contributed by atoms with Crippen molar-refractivity contribution in [2.75, 3.05) is 18.6 Å². The summed E-state index contributed by atoms with van der Waals surface area (Å²) < 4.78 is 32.3. The number of carbonyl (C=O) groups excluding carboxylic acids is 2. The van der Waals surface area contributed by atoms with Crippen LogP contribution in [0.4, 0.5) is 5.69 Å². The lowest BCUT2D eigenvalue weighted by Crippen LogP contribution is -2.61. The predicted octanol–water partition coefficient (Wildman–Crippen LogP) is 1.17. The molecular formula is C19H22N2O9S2. The maximum Gasteiger partial charge on any atom is 0.356 e. The van der Waals surface area contributed by atoms with Gasteiger partial charge in [0.2, 0.25) is 5.91 Å². The van der Waals surface area contributed by atoms with E-state index in [0.717, 1.165) is 6.26 Å². The van der Waals surface area contributed by atoms with Crippen molar-refractivity contribution in [2.24, 2.45) is 5.92 Å². The van der Waals surface area contributed by atoms with E-state index in [1.165, 1.54) is 47.9 Å². The van der Waals surface area contributed by atoms with Gasteiger partial charge in [-0.1, -0.05) is 0 Å². The molecule has 0 spiro atoms. The molecule has 1 aromatic rings. The maximum atomic E-state index is 12.8. The molecule has 11 nitrogen and oxygen atoms in total. The van der Waals surface area contributed by atoms with E-state index in [0.29, 0.717) is 16.9 Å². The summed E-state index contributed by atoms with van der Waals surface area (Å²) in [5.41, 5.74) is 0.515. The van der Waals surface area contributed by atoms with E-state index in [4.69, 9.17) is 8.92 Å². The molecule has 2 unspecified atom stereocenters. The fourth-order valence-electron chi connectivity index (χ4n) is 3.63. The van der Waals surface area contributed by atoms with Crippen LogP contribution in [0.25, 0.3) is 0 Å². The van der Waals surface area contributed by atoms with Crippen molar-refractivity contribution in [1.29, 1.82) is 0 Å². The molecule has 1 amide bonds. The fourth-order valence-corrected chi connectivity index (χ4v) is 5.14. The lowest BCUT2D eigenvalue weighted by atomic mass is 9.83. The molecule has 3 rings (SSSR count). The second kappa shape index (κ2) is 9.57. The number of esters is 1. The number of β-lactam (4-membered cyclic amide) rings is 1. The first-order chi connectivity index (χ1) is 15.0. The van der Waals surface area contributed by atoms with Crippen molar-refractivity contribution in [2.45, 2.75) is 32.1 Å². The van der Waals surface area contributed by atoms with Crippen molar-refractivity contribution >= 4 is 39.4 Å². The molecule has 0 saturated carbocycles. The van der Waals surface area contributed by atoms with Crippen LogP contribution in [0.15, 0.2) is 34.9 Å². The number of hydrogen-bond acceptors (Lipinski definition) is 10. The van der Waals surface area contributed by atoms with Crippen LogP contribution in [0, 0.1) is 16.0 Å². The summed E-state index contributed by atoms with van der Waals surface area (Å²) in [5.74, 6) is -1.52. The second-order valence-electron chi connectivity index (χ2n) is 7.39. The lowest BCUT2D eigenvalue weighted by molar-refractivity contribution is -0.384. The van der Waals surface area contributed by atoms with Gasteiger partial charge in [0.05, 0.1) is 35.8 Å². The van der Waals surface area contributed by atoms with Crippen LogP contribution in [0.1, 0.15) is 18.9 Å². The van der Waals surface area contributed by atoms with Gasteiger partial charge in [-0.3, -0.25) is 19.1 Å². The van der Waals surface area contributed by atoms with Crippen molar-refractivity contribution in [3.05, 3.63) is 50.5 Å². The summed E-state index contributed by atoms with van der Waals surface area (Å²) in [6.45, 7) is 1.26. The Bertz CT molecular complexity index is 1050. The quantitative estimate of drug-likeness (QED) is 0.127. The number of rotatable bonds is 10. The Morgan fingerprint density at radius 2 is 2.03 bits per heavy atom. The first kappa shape index (κ1) is 24.2. The molecule has 0 aliphatic carbocycles. The number of nitro groups is 1. The zero-order chi connectivity index (χ0) is 23.6. The zero-order valence-corrected chi connectivity index (χ0v) is 18.9. The van der Waals surface area contributed by atoms with E-state index < -0.39 is 33.0 Å². The number of benzene rings is 1. The number of nitro benzene ring substituents is 1. The molecule has 1 aromatic carbocycles. The number of aliphatic hydroxyl groups is 1. The average Bonchev–Trinajstić information content (AvgIpc) is 3.02. The molecule has 3 atom stereocenters. The number of hydrogen-bond donors (Lipinski definition) is 1. The van der Waals surface area contributed by atoms with E-state index in [2.05, 4.69) is 0 Å². The highest BCUT2D eigenvalue weighted by atomic mass is 32.2. The average molecular weight is 487 g/mol. The topological polar surface area (TPSA) is 153 Å². The molecule has 32 heavy (non-hydrogen) atoms. The Kier molecular flexibility index (Phi) is 7.22. The summed E-state index contributed by atoms with van der Waals surface area (Å²) in [5, 5.41) is 20.6.